The fourth-order valence-corrected chi connectivity index (χ4v) is 3.04. The number of carbonyl (C=O) groups excluding carboxylic acids is 2. The molecule has 0 fully saturated rings. The quantitative estimate of drug-likeness (QED) is 0.280. The minimum absolute atomic E-state index is 0.113. The Hall–Kier alpha value is -3.12. The maximum absolute atomic E-state index is 12.6. The Labute approximate surface area is 190 Å². The molecular weight excluding hydrogens is 406 g/mol. The molecule has 0 aliphatic heterocycles. The van der Waals surface area contributed by atoms with Gasteiger partial charge in [0.1, 0.15) is 19.0 Å². The second kappa shape index (κ2) is 12.7. The summed E-state index contributed by atoms with van der Waals surface area (Å²) in [5, 5.41) is 0. The summed E-state index contributed by atoms with van der Waals surface area (Å²) in [6, 6.07) is 14.7. The van der Waals surface area contributed by atoms with E-state index in [0.717, 1.165) is 17.5 Å². The van der Waals surface area contributed by atoms with Crippen molar-refractivity contribution >= 4 is 12.1 Å². The highest BCUT2D eigenvalue weighted by Gasteiger charge is 2.19. The van der Waals surface area contributed by atoms with Crippen LogP contribution in [0.4, 0.5) is 4.79 Å². The highest BCUT2D eigenvalue weighted by molar-refractivity contribution is 5.80. The number of benzene rings is 2. The monoisotopic (exact) mass is 439 g/mol. The van der Waals surface area contributed by atoms with Crippen molar-refractivity contribution < 1.29 is 23.8 Å². The average molecular weight is 440 g/mol. The fourth-order valence-electron chi connectivity index (χ4n) is 3.04. The van der Waals surface area contributed by atoms with Gasteiger partial charge in [0.15, 0.2) is 0 Å². The zero-order valence-electron chi connectivity index (χ0n) is 19.4. The van der Waals surface area contributed by atoms with Crippen LogP contribution in [-0.2, 0) is 27.3 Å². The lowest BCUT2D eigenvalue weighted by atomic mass is 9.96. The van der Waals surface area contributed by atoms with Crippen LogP contribution in [0, 0.1) is 5.92 Å². The zero-order valence-corrected chi connectivity index (χ0v) is 19.4. The smallest absolute Gasteiger partial charge is 0.460 e. The van der Waals surface area contributed by atoms with Gasteiger partial charge in [0.05, 0.1) is 5.92 Å². The molecule has 0 amide bonds. The minimum atomic E-state index is -0.751. The van der Waals surface area contributed by atoms with E-state index in [4.69, 9.17) is 14.2 Å². The van der Waals surface area contributed by atoms with E-state index in [9.17, 15) is 9.59 Å². The molecule has 2 rings (SSSR count). The highest BCUT2D eigenvalue weighted by Crippen LogP contribution is 2.21. The molecule has 0 radical (unpaired) electrons. The molecule has 0 aliphatic rings. The highest BCUT2D eigenvalue weighted by atomic mass is 16.7. The second-order valence-corrected chi connectivity index (χ2v) is 8.31. The first-order chi connectivity index (χ1) is 15.3. The van der Waals surface area contributed by atoms with E-state index in [1.807, 2.05) is 43.3 Å². The Kier molecular flexibility index (Phi) is 9.95. The zero-order chi connectivity index (χ0) is 23.5. The predicted molar refractivity (Wildman–Crippen MR) is 125 cm³/mol. The summed E-state index contributed by atoms with van der Waals surface area (Å²) < 4.78 is 15.6. The molecule has 0 saturated heterocycles. The van der Waals surface area contributed by atoms with Crippen molar-refractivity contribution in [3.63, 3.8) is 0 Å². The summed E-state index contributed by atoms with van der Waals surface area (Å²) >= 11 is 0. The van der Waals surface area contributed by atoms with Gasteiger partial charge in [-0.15, -0.1) is 6.58 Å². The molecule has 1 unspecified atom stereocenters. The Balaban J connectivity index is 1.85. The van der Waals surface area contributed by atoms with E-state index < -0.39 is 12.1 Å². The summed E-state index contributed by atoms with van der Waals surface area (Å²) in [5.41, 5.74) is 2.87. The molecule has 172 valence electrons. The maximum Gasteiger partial charge on any atom is 0.513 e. The number of hydrogen-bond donors (Lipinski definition) is 0. The van der Waals surface area contributed by atoms with E-state index in [1.54, 1.807) is 30.3 Å². The Morgan fingerprint density at radius 2 is 1.59 bits per heavy atom. The molecule has 0 spiro atoms. The van der Waals surface area contributed by atoms with Gasteiger partial charge in [-0.25, -0.2) is 4.79 Å². The number of rotatable bonds is 11. The lowest BCUT2D eigenvalue weighted by Gasteiger charge is -2.14. The first-order valence-corrected chi connectivity index (χ1v) is 10.7. The molecule has 6 heteroatoms. The molecule has 2 aromatic carbocycles. The molecule has 1 atom stereocenters. The number of nitrogens with zero attached hydrogens (tertiary/aromatic N) is 1. The van der Waals surface area contributed by atoms with Crippen molar-refractivity contribution in [2.75, 3.05) is 27.2 Å². The maximum atomic E-state index is 12.6. The number of ether oxygens (including phenoxy) is 3. The van der Waals surface area contributed by atoms with Crippen LogP contribution in [0.3, 0.4) is 0 Å². The van der Waals surface area contributed by atoms with Crippen LogP contribution in [0.15, 0.2) is 61.2 Å². The van der Waals surface area contributed by atoms with E-state index in [1.165, 1.54) is 5.56 Å². The Morgan fingerprint density at radius 3 is 2.16 bits per heavy atom. The molecule has 0 saturated carbocycles. The van der Waals surface area contributed by atoms with Crippen LogP contribution in [0.5, 0.6) is 5.75 Å². The van der Waals surface area contributed by atoms with Crippen LogP contribution in [0.1, 0.15) is 36.5 Å². The molecular formula is C26H33NO5. The largest absolute Gasteiger partial charge is 0.513 e. The standard InChI is InChI=1S/C26H33NO5/c1-6-24(22-11-7-20(8-12-22)17-19(2)3)25(28)31-18-21-9-13-23(14-10-21)32-26(29)30-16-15-27(4)5/h6-14,19,24H,1,15-18H2,2-5H3. The van der Waals surface area contributed by atoms with Crippen molar-refractivity contribution in [2.45, 2.75) is 32.8 Å². The lowest BCUT2D eigenvalue weighted by molar-refractivity contribution is -0.145. The van der Waals surface area contributed by atoms with Gasteiger partial charge >= 0.3 is 12.1 Å². The third-order valence-corrected chi connectivity index (χ3v) is 4.74. The molecule has 32 heavy (non-hydrogen) atoms. The molecule has 0 aliphatic carbocycles. The molecule has 0 aromatic heterocycles. The van der Waals surface area contributed by atoms with Crippen molar-refractivity contribution in [1.82, 2.24) is 4.90 Å². The van der Waals surface area contributed by atoms with Gasteiger partial charge in [-0.1, -0.05) is 56.3 Å². The third kappa shape index (κ3) is 8.55. The van der Waals surface area contributed by atoms with Gasteiger partial charge in [-0.3, -0.25) is 4.79 Å². The lowest BCUT2D eigenvalue weighted by Crippen LogP contribution is -2.21. The first kappa shape index (κ1) is 25.1. The van der Waals surface area contributed by atoms with Crippen molar-refractivity contribution in [2.24, 2.45) is 5.92 Å². The molecule has 0 bridgehead atoms. The van der Waals surface area contributed by atoms with Gasteiger partial charge in [0.25, 0.3) is 0 Å². The van der Waals surface area contributed by atoms with E-state index in [2.05, 4.69) is 20.4 Å². The third-order valence-electron chi connectivity index (χ3n) is 4.74. The van der Waals surface area contributed by atoms with Gasteiger partial charge in [0, 0.05) is 6.54 Å². The number of carbonyl (C=O) groups is 2. The Morgan fingerprint density at radius 1 is 0.969 bits per heavy atom. The van der Waals surface area contributed by atoms with E-state index in [0.29, 0.717) is 18.2 Å². The summed E-state index contributed by atoms with van der Waals surface area (Å²) in [6.07, 6.45) is 1.84. The van der Waals surface area contributed by atoms with E-state index >= 15 is 0 Å². The van der Waals surface area contributed by atoms with Crippen molar-refractivity contribution in [3.8, 4) is 5.75 Å². The summed E-state index contributed by atoms with van der Waals surface area (Å²) in [7, 11) is 3.78. The normalized spacial score (nSPS) is 11.8. The van der Waals surface area contributed by atoms with Crippen molar-refractivity contribution in [3.05, 3.63) is 77.9 Å². The fraction of sp³-hybridized carbons (Fsp3) is 0.385. The second-order valence-electron chi connectivity index (χ2n) is 8.31. The first-order valence-electron chi connectivity index (χ1n) is 10.7. The van der Waals surface area contributed by atoms with Gasteiger partial charge in [-0.05, 0) is 55.3 Å². The van der Waals surface area contributed by atoms with Crippen LogP contribution >= 0.6 is 0 Å². The SMILES string of the molecule is C=CC(C(=O)OCc1ccc(OC(=O)OCCN(C)C)cc1)c1ccc(CC(C)C)cc1. The molecule has 0 N–H and O–H groups in total. The molecule has 0 heterocycles. The van der Waals surface area contributed by atoms with Gasteiger partial charge in [0.2, 0.25) is 0 Å². The van der Waals surface area contributed by atoms with Crippen LogP contribution < -0.4 is 4.74 Å². The van der Waals surface area contributed by atoms with E-state index in [-0.39, 0.29) is 19.2 Å². The van der Waals surface area contributed by atoms with Crippen LogP contribution in [-0.4, -0.2) is 44.3 Å². The van der Waals surface area contributed by atoms with Crippen molar-refractivity contribution in [1.29, 1.82) is 0 Å². The summed E-state index contributed by atoms with van der Waals surface area (Å²) in [5.74, 6) is 0.0518. The molecule has 6 nitrogen and oxygen atoms in total. The predicted octanol–water partition coefficient (Wildman–Crippen LogP) is 4.98. The number of likely N-dealkylation sites (N-methyl/N-ethyl adjacent to an activating group) is 1. The van der Waals surface area contributed by atoms with Gasteiger partial charge in [-0.2, -0.15) is 0 Å². The van der Waals surface area contributed by atoms with Crippen LogP contribution in [0.2, 0.25) is 0 Å². The Bertz CT molecular complexity index is 872. The topological polar surface area (TPSA) is 65.1 Å². The minimum Gasteiger partial charge on any atom is -0.460 e. The van der Waals surface area contributed by atoms with Crippen LogP contribution in [0.25, 0.3) is 0 Å². The number of hydrogen-bond acceptors (Lipinski definition) is 6. The average Bonchev–Trinajstić information content (AvgIpc) is 2.74. The number of esters is 1. The van der Waals surface area contributed by atoms with Gasteiger partial charge < -0.3 is 19.1 Å². The summed E-state index contributed by atoms with van der Waals surface area (Å²) in [6.45, 7) is 9.13. The molecule has 2 aromatic rings. The summed E-state index contributed by atoms with van der Waals surface area (Å²) in [4.78, 5) is 26.2.